The van der Waals surface area contributed by atoms with Gasteiger partial charge in [-0.25, -0.2) is 0 Å². The first-order valence-electron chi connectivity index (χ1n) is 6.60. The molecular formula is C13H27F3N2. The van der Waals surface area contributed by atoms with Crippen LogP contribution in [0.4, 0.5) is 13.2 Å². The second-order valence-electron chi connectivity index (χ2n) is 5.94. The molecule has 0 aliphatic carbocycles. The third-order valence-corrected chi connectivity index (χ3v) is 2.57. The number of halogens is 3. The molecule has 0 spiro atoms. The van der Waals surface area contributed by atoms with Crippen molar-refractivity contribution in [1.29, 1.82) is 0 Å². The smallest absolute Gasteiger partial charge is 0.312 e. The Morgan fingerprint density at radius 3 is 2.00 bits per heavy atom. The average Bonchev–Trinajstić information content (AvgIpc) is 2.11. The number of alkyl halides is 3. The van der Waals surface area contributed by atoms with Gasteiger partial charge in [0.05, 0.1) is 6.54 Å². The first-order valence-corrected chi connectivity index (χ1v) is 6.60. The molecule has 18 heavy (non-hydrogen) atoms. The van der Waals surface area contributed by atoms with Crippen LogP contribution in [0.25, 0.3) is 0 Å². The molecule has 0 unspecified atom stereocenters. The van der Waals surface area contributed by atoms with Gasteiger partial charge in [-0.3, -0.25) is 4.90 Å². The molecule has 0 aromatic heterocycles. The molecule has 0 radical (unpaired) electrons. The summed E-state index contributed by atoms with van der Waals surface area (Å²) in [7, 11) is 1.52. The highest BCUT2D eigenvalue weighted by Gasteiger charge is 2.28. The molecule has 0 heterocycles. The summed E-state index contributed by atoms with van der Waals surface area (Å²) in [6.45, 7) is 7.06. The van der Waals surface area contributed by atoms with Crippen LogP contribution in [0, 0.1) is 0 Å². The number of hydrogen-bond donors (Lipinski definition) is 1. The van der Waals surface area contributed by atoms with Crippen LogP contribution in [0.3, 0.4) is 0 Å². The fourth-order valence-electron chi connectivity index (χ4n) is 1.71. The zero-order chi connectivity index (χ0) is 14.2. The van der Waals surface area contributed by atoms with E-state index in [0.29, 0.717) is 6.54 Å². The number of hydrogen-bond acceptors (Lipinski definition) is 2. The van der Waals surface area contributed by atoms with Crippen LogP contribution in [0.5, 0.6) is 0 Å². The molecule has 0 rings (SSSR count). The number of rotatable bonds is 8. The van der Waals surface area contributed by atoms with Crippen molar-refractivity contribution in [3.8, 4) is 0 Å². The van der Waals surface area contributed by atoms with Crippen molar-refractivity contribution in [2.45, 2.75) is 58.2 Å². The molecule has 5 heteroatoms. The van der Waals surface area contributed by atoms with E-state index in [4.69, 9.17) is 0 Å². The van der Waals surface area contributed by atoms with Crippen molar-refractivity contribution in [3.63, 3.8) is 0 Å². The minimum atomic E-state index is -4.08. The third kappa shape index (κ3) is 13.8. The summed E-state index contributed by atoms with van der Waals surface area (Å²) >= 11 is 0. The van der Waals surface area contributed by atoms with Crippen molar-refractivity contribution >= 4 is 0 Å². The summed E-state index contributed by atoms with van der Waals surface area (Å²) < 4.78 is 36.1. The van der Waals surface area contributed by atoms with Crippen molar-refractivity contribution in [3.05, 3.63) is 0 Å². The average molecular weight is 268 g/mol. The van der Waals surface area contributed by atoms with Gasteiger partial charge in [-0.2, -0.15) is 13.2 Å². The lowest BCUT2D eigenvalue weighted by molar-refractivity contribution is -0.143. The molecular weight excluding hydrogens is 241 g/mol. The van der Waals surface area contributed by atoms with E-state index in [1.807, 2.05) is 0 Å². The highest BCUT2D eigenvalue weighted by molar-refractivity contribution is 4.69. The Morgan fingerprint density at radius 2 is 1.50 bits per heavy atom. The SMILES string of the molecule is CN(CCCCCCNC(C)(C)C)CC(F)(F)F. The van der Waals surface area contributed by atoms with E-state index in [1.54, 1.807) is 0 Å². The van der Waals surface area contributed by atoms with E-state index in [1.165, 1.54) is 11.9 Å². The van der Waals surface area contributed by atoms with E-state index in [2.05, 4.69) is 26.1 Å². The van der Waals surface area contributed by atoms with Gasteiger partial charge in [0.15, 0.2) is 0 Å². The molecule has 0 atom stereocenters. The maximum absolute atomic E-state index is 12.0. The molecule has 0 aliphatic rings. The molecule has 2 nitrogen and oxygen atoms in total. The predicted octanol–water partition coefficient (Wildman–Crippen LogP) is 3.43. The van der Waals surface area contributed by atoms with Crippen LogP contribution >= 0.6 is 0 Å². The molecule has 0 bridgehead atoms. The topological polar surface area (TPSA) is 15.3 Å². The van der Waals surface area contributed by atoms with Gasteiger partial charge in [0.2, 0.25) is 0 Å². The number of nitrogens with one attached hydrogen (secondary N) is 1. The standard InChI is InChI=1S/C13H27F3N2/c1-12(2,3)17-9-7-5-6-8-10-18(4)11-13(14,15)16/h17H,5-11H2,1-4H3. The van der Waals surface area contributed by atoms with Gasteiger partial charge in [0, 0.05) is 5.54 Å². The van der Waals surface area contributed by atoms with Gasteiger partial charge >= 0.3 is 6.18 Å². The van der Waals surface area contributed by atoms with Crippen molar-refractivity contribution in [2.75, 3.05) is 26.7 Å². The summed E-state index contributed by atoms with van der Waals surface area (Å²) in [5, 5.41) is 3.39. The summed E-state index contributed by atoms with van der Waals surface area (Å²) in [6.07, 6.45) is -0.0926. The van der Waals surface area contributed by atoms with Crippen molar-refractivity contribution in [2.24, 2.45) is 0 Å². The zero-order valence-corrected chi connectivity index (χ0v) is 12.0. The summed E-state index contributed by atoms with van der Waals surface area (Å²) in [5.74, 6) is 0. The fraction of sp³-hybridized carbons (Fsp3) is 1.00. The molecule has 0 aliphatic heterocycles. The van der Waals surface area contributed by atoms with E-state index >= 15 is 0 Å². The lowest BCUT2D eigenvalue weighted by Gasteiger charge is -2.20. The minimum Gasteiger partial charge on any atom is -0.312 e. The van der Waals surface area contributed by atoms with Gasteiger partial charge in [-0.15, -0.1) is 0 Å². The Balaban J connectivity index is 3.36. The van der Waals surface area contributed by atoms with Crippen LogP contribution in [0.1, 0.15) is 46.5 Å². The third-order valence-electron chi connectivity index (χ3n) is 2.57. The van der Waals surface area contributed by atoms with Crippen LogP contribution in [0.15, 0.2) is 0 Å². The Morgan fingerprint density at radius 1 is 0.944 bits per heavy atom. The normalized spacial score (nSPS) is 13.3. The first-order chi connectivity index (χ1) is 8.10. The Labute approximate surface area is 109 Å². The van der Waals surface area contributed by atoms with Crippen LogP contribution in [-0.2, 0) is 0 Å². The quantitative estimate of drug-likeness (QED) is 0.678. The van der Waals surface area contributed by atoms with E-state index in [0.717, 1.165) is 32.2 Å². The summed E-state index contributed by atoms with van der Waals surface area (Å²) in [4.78, 5) is 1.34. The van der Waals surface area contributed by atoms with Crippen LogP contribution in [0.2, 0.25) is 0 Å². The highest BCUT2D eigenvalue weighted by Crippen LogP contribution is 2.15. The fourth-order valence-corrected chi connectivity index (χ4v) is 1.71. The summed E-state index contributed by atoms with van der Waals surface area (Å²) in [5.41, 5.74) is 0.146. The molecule has 0 saturated carbocycles. The Hall–Kier alpha value is -0.290. The highest BCUT2D eigenvalue weighted by atomic mass is 19.4. The van der Waals surface area contributed by atoms with Crippen molar-refractivity contribution in [1.82, 2.24) is 10.2 Å². The lowest BCUT2D eigenvalue weighted by Crippen LogP contribution is -2.36. The molecule has 0 fully saturated rings. The molecule has 1 N–H and O–H groups in total. The largest absolute Gasteiger partial charge is 0.401 e. The Bertz CT molecular complexity index is 209. The first kappa shape index (κ1) is 17.7. The molecule has 0 aromatic carbocycles. The zero-order valence-electron chi connectivity index (χ0n) is 12.0. The predicted molar refractivity (Wildman–Crippen MR) is 69.8 cm³/mol. The molecule has 0 saturated heterocycles. The van der Waals surface area contributed by atoms with Crippen LogP contribution in [-0.4, -0.2) is 43.3 Å². The van der Waals surface area contributed by atoms with Crippen LogP contribution < -0.4 is 5.32 Å². The second kappa shape index (κ2) is 8.00. The van der Waals surface area contributed by atoms with Gasteiger partial charge in [-0.05, 0) is 53.8 Å². The molecule has 0 amide bonds. The van der Waals surface area contributed by atoms with E-state index in [-0.39, 0.29) is 5.54 Å². The van der Waals surface area contributed by atoms with Gasteiger partial charge in [0.25, 0.3) is 0 Å². The molecule has 110 valence electrons. The summed E-state index contributed by atoms with van der Waals surface area (Å²) in [6, 6.07) is 0. The Kier molecular flexibility index (Phi) is 7.87. The van der Waals surface area contributed by atoms with Gasteiger partial charge < -0.3 is 5.32 Å². The maximum atomic E-state index is 12.0. The van der Waals surface area contributed by atoms with Crippen molar-refractivity contribution < 1.29 is 13.2 Å². The lowest BCUT2D eigenvalue weighted by atomic mass is 10.1. The number of unbranched alkanes of at least 4 members (excludes halogenated alkanes) is 3. The van der Waals surface area contributed by atoms with Gasteiger partial charge in [0.1, 0.15) is 0 Å². The second-order valence-corrected chi connectivity index (χ2v) is 5.94. The number of nitrogens with zero attached hydrogens (tertiary/aromatic N) is 1. The molecule has 0 aromatic rings. The monoisotopic (exact) mass is 268 g/mol. The van der Waals surface area contributed by atoms with Gasteiger partial charge in [-0.1, -0.05) is 12.8 Å². The minimum absolute atomic E-state index is 0.146. The van der Waals surface area contributed by atoms with E-state index in [9.17, 15) is 13.2 Å². The van der Waals surface area contributed by atoms with E-state index < -0.39 is 12.7 Å². The maximum Gasteiger partial charge on any atom is 0.401 e.